The molecule has 0 aliphatic carbocycles. The number of anilines is 2. The van der Waals surface area contributed by atoms with Crippen molar-refractivity contribution in [2.75, 3.05) is 62.2 Å². The zero-order valence-corrected chi connectivity index (χ0v) is 31.0. The fourth-order valence-corrected chi connectivity index (χ4v) is 9.34. The number of phenolic OH excluding ortho intramolecular Hbond substituents is 1. The number of hydrogen-bond donors (Lipinski definition) is 2. The van der Waals surface area contributed by atoms with E-state index in [0.717, 1.165) is 85.9 Å². The maximum Gasteiger partial charge on any atom is 0.262 e. The van der Waals surface area contributed by atoms with Crippen LogP contribution in [0.4, 0.5) is 15.8 Å². The second kappa shape index (κ2) is 14.7. The molecule has 2 N–H and O–H groups in total. The first-order valence-electron chi connectivity index (χ1n) is 19.6. The van der Waals surface area contributed by atoms with Gasteiger partial charge < -0.3 is 19.6 Å². The summed E-state index contributed by atoms with van der Waals surface area (Å²) in [6, 6.07) is 25.4. The smallest absolute Gasteiger partial charge is 0.262 e. The van der Waals surface area contributed by atoms with Gasteiger partial charge in [-0.3, -0.25) is 34.3 Å². The van der Waals surface area contributed by atoms with Crippen molar-refractivity contribution < 1.29 is 33.4 Å². The predicted molar refractivity (Wildman–Crippen MR) is 208 cm³/mol. The van der Waals surface area contributed by atoms with Crippen LogP contribution in [0.3, 0.4) is 0 Å². The second-order valence-corrected chi connectivity index (χ2v) is 15.6. The Hall–Kier alpha value is -5.75. The number of ether oxygens (including phenoxy) is 1. The largest absolute Gasteiger partial charge is 0.508 e. The number of benzene rings is 4. The number of rotatable bonds is 7. The highest BCUT2D eigenvalue weighted by Crippen LogP contribution is 2.47. The van der Waals surface area contributed by atoms with Crippen molar-refractivity contribution >= 4 is 35.0 Å². The SMILES string of the molecule is O=C1CCC(N2C(=O)c3ccc(N4CCN(CC5CCN(c6ccc([C@@H]7c8ccc(O)cc8OC[C@@H]7c7ccccc7)cc6F)CC5)CC4)cc3C2=O)C(=O)N1. The summed E-state index contributed by atoms with van der Waals surface area (Å²) < 4.78 is 22.2. The predicted octanol–water partition coefficient (Wildman–Crippen LogP) is 5.28. The molecule has 0 aromatic heterocycles. The van der Waals surface area contributed by atoms with Gasteiger partial charge in [0.25, 0.3) is 11.8 Å². The van der Waals surface area contributed by atoms with E-state index in [9.17, 15) is 24.3 Å². The third kappa shape index (κ3) is 6.65. The van der Waals surface area contributed by atoms with Gasteiger partial charge in [-0.05, 0) is 72.7 Å². The molecule has 4 aromatic carbocycles. The zero-order valence-electron chi connectivity index (χ0n) is 31.0. The van der Waals surface area contributed by atoms with E-state index in [1.165, 1.54) is 0 Å². The molecule has 1 unspecified atom stereocenters. The lowest BCUT2D eigenvalue weighted by Gasteiger charge is -2.40. The summed E-state index contributed by atoms with van der Waals surface area (Å²) in [6.07, 6.45) is 2.16. The minimum Gasteiger partial charge on any atom is -0.508 e. The van der Waals surface area contributed by atoms with E-state index in [2.05, 4.69) is 38.2 Å². The highest BCUT2D eigenvalue weighted by atomic mass is 19.1. The summed E-state index contributed by atoms with van der Waals surface area (Å²) in [6.45, 7) is 6.25. The molecule has 56 heavy (non-hydrogen) atoms. The van der Waals surface area contributed by atoms with Crippen LogP contribution in [0.25, 0.3) is 0 Å². The fourth-order valence-electron chi connectivity index (χ4n) is 9.34. The second-order valence-electron chi connectivity index (χ2n) is 15.6. The molecule has 12 heteroatoms. The number of carbonyl (C=O) groups is 4. The molecule has 5 heterocycles. The Bertz CT molecular complexity index is 2200. The Morgan fingerprint density at radius 3 is 2.27 bits per heavy atom. The lowest BCUT2D eigenvalue weighted by Crippen LogP contribution is -2.54. The topological polar surface area (TPSA) is 123 Å². The van der Waals surface area contributed by atoms with Crippen molar-refractivity contribution in [2.24, 2.45) is 5.92 Å². The molecule has 5 aliphatic heterocycles. The minimum atomic E-state index is -0.981. The highest BCUT2D eigenvalue weighted by Gasteiger charge is 2.45. The first kappa shape index (κ1) is 35.9. The summed E-state index contributed by atoms with van der Waals surface area (Å²) in [4.78, 5) is 58.4. The fraction of sp³-hybridized carbons (Fsp3) is 0.364. The molecule has 0 saturated carbocycles. The van der Waals surface area contributed by atoms with Gasteiger partial charge in [0.15, 0.2) is 0 Å². The Morgan fingerprint density at radius 1 is 0.750 bits per heavy atom. The molecule has 4 aromatic rings. The van der Waals surface area contributed by atoms with Gasteiger partial charge in [-0.15, -0.1) is 0 Å². The molecule has 0 bridgehead atoms. The average molecular weight is 758 g/mol. The van der Waals surface area contributed by atoms with E-state index in [1.807, 2.05) is 36.4 Å². The molecular formula is C44H44FN5O6. The molecule has 3 saturated heterocycles. The number of halogens is 1. The lowest BCUT2D eigenvalue weighted by molar-refractivity contribution is -0.136. The van der Waals surface area contributed by atoms with E-state index in [4.69, 9.17) is 4.74 Å². The van der Waals surface area contributed by atoms with Crippen molar-refractivity contribution in [3.8, 4) is 11.5 Å². The average Bonchev–Trinajstić information content (AvgIpc) is 3.46. The van der Waals surface area contributed by atoms with Crippen molar-refractivity contribution in [1.82, 2.24) is 15.1 Å². The van der Waals surface area contributed by atoms with Gasteiger partial charge in [0.2, 0.25) is 11.8 Å². The number of hydrogen-bond acceptors (Lipinski definition) is 9. The third-order valence-electron chi connectivity index (χ3n) is 12.3. The maximum absolute atomic E-state index is 16.1. The van der Waals surface area contributed by atoms with Crippen molar-refractivity contribution in [3.05, 3.63) is 119 Å². The van der Waals surface area contributed by atoms with Crippen molar-refractivity contribution in [3.63, 3.8) is 0 Å². The summed E-state index contributed by atoms with van der Waals surface area (Å²) in [5, 5.41) is 12.4. The number of aromatic hydroxyl groups is 1. The molecule has 0 spiro atoms. The number of piperazine rings is 1. The van der Waals surface area contributed by atoms with Crippen LogP contribution in [0.15, 0.2) is 84.9 Å². The number of amides is 4. The molecule has 9 rings (SSSR count). The van der Waals surface area contributed by atoms with Crippen LogP contribution in [0, 0.1) is 11.7 Å². The van der Waals surface area contributed by atoms with E-state index in [1.54, 1.807) is 30.3 Å². The van der Waals surface area contributed by atoms with Crippen molar-refractivity contribution in [1.29, 1.82) is 0 Å². The molecule has 0 radical (unpaired) electrons. The van der Waals surface area contributed by atoms with Crippen LogP contribution < -0.4 is 19.9 Å². The zero-order chi connectivity index (χ0) is 38.5. The molecule has 288 valence electrons. The van der Waals surface area contributed by atoms with Gasteiger partial charge in [0.1, 0.15) is 23.4 Å². The Balaban J connectivity index is 0.802. The van der Waals surface area contributed by atoms with E-state index < -0.39 is 29.7 Å². The van der Waals surface area contributed by atoms with Crippen LogP contribution in [-0.4, -0.2) is 97.0 Å². The number of phenols is 1. The third-order valence-corrected chi connectivity index (χ3v) is 12.3. The Kier molecular flexibility index (Phi) is 9.44. The summed E-state index contributed by atoms with van der Waals surface area (Å²) >= 11 is 0. The first-order valence-corrected chi connectivity index (χ1v) is 19.6. The number of nitrogens with zero attached hydrogens (tertiary/aromatic N) is 4. The van der Waals surface area contributed by atoms with Crippen LogP contribution in [0.1, 0.15) is 74.9 Å². The summed E-state index contributed by atoms with van der Waals surface area (Å²) in [5.41, 5.74) is 5.03. The van der Waals surface area contributed by atoms with Gasteiger partial charge in [-0.2, -0.15) is 0 Å². The van der Waals surface area contributed by atoms with Gasteiger partial charge in [0.05, 0.1) is 23.4 Å². The number of piperidine rings is 2. The van der Waals surface area contributed by atoms with Crippen LogP contribution >= 0.6 is 0 Å². The van der Waals surface area contributed by atoms with Gasteiger partial charge in [-0.25, -0.2) is 4.39 Å². The minimum absolute atomic E-state index is 0.00259. The summed E-state index contributed by atoms with van der Waals surface area (Å²) in [5.74, 6) is -1.08. The number of nitrogens with one attached hydrogen (secondary N) is 1. The van der Waals surface area contributed by atoms with Gasteiger partial charge in [-0.1, -0.05) is 42.5 Å². The van der Waals surface area contributed by atoms with Crippen molar-refractivity contribution in [2.45, 2.75) is 43.6 Å². The maximum atomic E-state index is 16.1. The van der Waals surface area contributed by atoms with Gasteiger partial charge in [0, 0.05) is 81.4 Å². The van der Waals surface area contributed by atoms with Crippen LogP contribution in [0.5, 0.6) is 11.5 Å². The Morgan fingerprint density at radius 2 is 1.52 bits per heavy atom. The molecular weight excluding hydrogens is 714 g/mol. The monoisotopic (exact) mass is 757 g/mol. The number of imide groups is 2. The standard InChI is InChI=1S/C44H44FN5O6/c45-36-22-29(41-33-10-8-31(51)24-39(33)56-26-35(41)28-4-2-1-3-5-28)6-11-37(36)49-16-14-27(15-17-49)25-47-18-20-48(21-19-47)30-7-9-32-34(23-30)44(55)50(43(32)54)38-12-13-40(52)46-42(38)53/h1-11,22-24,27,35,38,41,51H,12-21,25-26H2,(H,46,52,53)/t35-,38?,41-/m1/s1. The van der Waals surface area contributed by atoms with E-state index >= 15 is 4.39 Å². The quantitative estimate of drug-likeness (QED) is 0.243. The number of fused-ring (bicyclic) bond motifs is 2. The normalized spacial score (nSPS) is 23.2. The molecule has 3 fully saturated rings. The van der Waals surface area contributed by atoms with Crippen LogP contribution in [-0.2, 0) is 9.59 Å². The summed E-state index contributed by atoms with van der Waals surface area (Å²) in [7, 11) is 0. The first-order chi connectivity index (χ1) is 27.2. The van der Waals surface area contributed by atoms with Crippen LogP contribution in [0.2, 0.25) is 0 Å². The number of carbonyl (C=O) groups excluding carboxylic acids is 4. The lowest BCUT2D eigenvalue weighted by atomic mass is 9.76. The Labute approximate surface area is 324 Å². The molecule has 11 nitrogen and oxygen atoms in total. The molecule has 4 amide bonds. The molecule has 3 atom stereocenters. The van der Waals surface area contributed by atoms with E-state index in [-0.39, 0.29) is 41.8 Å². The van der Waals surface area contributed by atoms with E-state index in [0.29, 0.717) is 29.5 Å². The van der Waals surface area contributed by atoms with Gasteiger partial charge >= 0.3 is 0 Å². The molecule has 5 aliphatic rings. The highest BCUT2D eigenvalue weighted by molar-refractivity contribution is 6.23.